The summed E-state index contributed by atoms with van der Waals surface area (Å²) in [6, 6.07) is 14.4. The summed E-state index contributed by atoms with van der Waals surface area (Å²) in [4.78, 5) is 12.0. The van der Waals surface area contributed by atoms with Crippen LogP contribution in [-0.4, -0.2) is 12.4 Å². The third-order valence-corrected chi connectivity index (χ3v) is 3.13. The Morgan fingerprint density at radius 2 is 1.90 bits per heavy atom. The van der Waals surface area contributed by atoms with Crippen molar-refractivity contribution in [2.75, 3.05) is 11.9 Å². The molecule has 2 aromatic carbocycles. The molecule has 0 saturated heterocycles. The number of rotatable bonds is 6. The van der Waals surface area contributed by atoms with Crippen molar-refractivity contribution < 1.29 is 9.53 Å². The summed E-state index contributed by atoms with van der Waals surface area (Å²) < 4.78 is 5.34. The van der Waals surface area contributed by atoms with E-state index in [4.69, 9.17) is 16.3 Å². The second-order valence-corrected chi connectivity index (χ2v) is 4.69. The van der Waals surface area contributed by atoms with Crippen LogP contribution in [0.1, 0.15) is 17.3 Å². The zero-order valence-corrected chi connectivity index (χ0v) is 12.4. The van der Waals surface area contributed by atoms with Crippen LogP contribution in [0.25, 0.3) is 0 Å². The fraction of sp³-hybridized carbons (Fsp3) is 0.118. The van der Waals surface area contributed by atoms with Crippen molar-refractivity contribution in [1.82, 2.24) is 0 Å². The minimum absolute atomic E-state index is 0.0856. The zero-order valence-electron chi connectivity index (χ0n) is 11.7. The number of ketones is 1. The molecular weight excluding hydrogens is 286 g/mol. The van der Waals surface area contributed by atoms with Gasteiger partial charge in [0.1, 0.15) is 5.75 Å². The summed E-state index contributed by atoms with van der Waals surface area (Å²) in [5, 5.41) is 3.59. The molecule has 4 heteroatoms. The van der Waals surface area contributed by atoms with E-state index in [-0.39, 0.29) is 5.78 Å². The number of anilines is 1. The standard InChI is InChI=1S/C17H16ClNO2/c1-2-21-14-9-7-13(8-10-14)17(20)11-12-19-16-6-4-3-5-15(16)18/h3-12,19H,2H2,1H3/b12-11+. The highest BCUT2D eigenvalue weighted by atomic mass is 35.5. The Morgan fingerprint density at radius 1 is 1.19 bits per heavy atom. The van der Waals surface area contributed by atoms with Gasteiger partial charge in [-0.25, -0.2) is 0 Å². The molecule has 1 N–H and O–H groups in total. The molecule has 0 aromatic heterocycles. The maximum Gasteiger partial charge on any atom is 0.187 e. The molecule has 2 aromatic rings. The lowest BCUT2D eigenvalue weighted by molar-refractivity contribution is 0.104. The van der Waals surface area contributed by atoms with E-state index in [2.05, 4.69) is 5.32 Å². The number of hydrogen-bond acceptors (Lipinski definition) is 3. The quantitative estimate of drug-likeness (QED) is 0.628. The molecule has 0 amide bonds. The van der Waals surface area contributed by atoms with Crippen molar-refractivity contribution in [2.45, 2.75) is 6.92 Å². The van der Waals surface area contributed by atoms with E-state index in [0.717, 1.165) is 11.4 Å². The molecule has 0 spiro atoms. The Hall–Kier alpha value is -2.26. The van der Waals surface area contributed by atoms with Crippen molar-refractivity contribution in [3.8, 4) is 5.75 Å². The molecule has 0 unspecified atom stereocenters. The van der Waals surface area contributed by atoms with Gasteiger partial charge in [-0.2, -0.15) is 0 Å². The normalized spacial score (nSPS) is 10.6. The van der Waals surface area contributed by atoms with Gasteiger partial charge in [-0.05, 0) is 43.3 Å². The summed E-state index contributed by atoms with van der Waals surface area (Å²) >= 11 is 6.01. The molecule has 0 bridgehead atoms. The molecule has 0 radical (unpaired) electrons. The third-order valence-electron chi connectivity index (χ3n) is 2.80. The van der Waals surface area contributed by atoms with Gasteiger partial charge in [0.2, 0.25) is 0 Å². The van der Waals surface area contributed by atoms with Gasteiger partial charge < -0.3 is 10.1 Å². The number of hydrogen-bond donors (Lipinski definition) is 1. The van der Waals surface area contributed by atoms with Crippen LogP contribution in [0.5, 0.6) is 5.75 Å². The first-order chi connectivity index (χ1) is 10.2. The first kappa shape index (κ1) is 15.1. The fourth-order valence-corrected chi connectivity index (χ4v) is 1.95. The fourth-order valence-electron chi connectivity index (χ4n) is 1.76. The number of nitrogens with one attached hydrogen (secondary N) is 1. The van der Waals surface area contributed by atoms with E-state index in [0.29, 0.717) is 17.2 Å². The van der Waals surface area contributed by atoms with Crippen molar-refractivity contribution in [3.63, 3.8) is 0 Å². The van der Waals surface area contributed by atoms with Crippen LogP contribution in [-0.2, 0) is 0 Å². The number of carbonyl (C=O) groups is 1. The average Bonchev–Trinajstić information content (AvgIpc) is 2.50. The molecule has 21 heavy (non-hydrogen) atoms. The van der Waals surface area contributed by atoms with Crippen molar-refractivity contribution in [1.29, 1.82) is 0 Å². The maximum atomic E-state index is 12.0. The lowest BCUT2D eigenvalue weighted by atomic mass is 10.1. The summed E-state index contributed by atoms with van der Waals surface area (Å²) in [5.41, 5.74) is 1.37. The van der Waals surface area contributed by atoms with Gasteiger partial charge in [-0.15, -0.1) is 0 Å². The molecule has 0 aliphatic heterocycles. The molecule has 0 atom stereocenters. The first-order valence-corrected chi connectivity index (χ1v) is 7.03. The number of carbonyl (C=O) groups excluding carboxylic acids is 1. The van der Waals surface area contributed by atoms with Gasteiger partial charge in [0, 0.05) is 17.8 Å². The Kier molecular flexibility index (Phi) is 5.41. The second-order valence-electron chi connectivity index (χ2n) is 4.28. The Bertz CT molecular complexity index is 635. The summed E-state index contributed by atoms with van der Waals surface area (Å²) in [5.74, 6) is 0.671. The Labute approximate surface area is 129 Å². The summed E-state index contributed by atoms with van der Waals surface area (Å²) in [6.45, 7) is 2.52. The molecule has 0 aliphatic carbocycles. The van der Waals surface area contributed by atoms with E-state index >= 15 is 0 Å². The number of halogens is 1. The van der Waals surface area contributed by atoms with E-state index in [9.17, 15) is 4.79 Å². The number of allylic oxidation sites excluding steroid dienone is 1. The van der Waals surface area contributed by atoms with Crippen molar-refractivity contribution in [3.05, 3.63) is 71.4 Å². The van der Waals surface area contributed by atoms with Crippen LogP contribution in [0.3, 0.4) is 0 Å². The van der Waals surface area contributed by atoms with Gasteiger partial charge in [0.15, 0.2) is 5.78 Å². The zero-order chi connectivity index (χ0) is 15.1. The van der Waals surface area contributed by atoms with Crippen LogP contribution in [0.2, 0.25) is 5.02 Å². The van der Waals surface area contributed by atoms with Crippen LogP contribution in [0.4, 0.5) is 5.69 Å². The van der Waals surface area contributed by atoms with Gasteiger partial charge in [0.25, 0.3) is 0 Å². The predicted molar refractivity (Wildman–Crippen MR) is 86.2 cm³/mol. The lowest BCUT2D eigenvalue weighted by Crippen LogP contribution is -1.97. The number of para-hydroxylation sites is 1. The number of benzene rings is 2. The topological polar surface area (TPSA) is 38.3 Å². The van der Waals surface area contributed by atoms with Crippen molar-refractivity contribution >= 4 is 23.1 Å². The van der Waals surface area contributed by atoms with Crippen LogP contribution >= 0.6 is 11.6 Å². The lowest BCUT2D eigenvalue weighted by Gasteiger charge is -2.04. The summed E-state index contributed by atoms with van der Waals surface area (Å²) in [7, 11) is 0. The van der Waals surface area contributed by atoms with E-state index in [1.807, 2.05) is 25.1 Å². The highest BCUT2D eigenvalue weighted by Gasteiger charge is 2.02. The smallest absolute Gasteiger partial charge is 0.187 e. The van der Waals surface area contributed by atoms with E-state index in [1.165, 1.54) is 6.08 Å². The molecule has 108 valence electrons. The third kappa shape index (κ3) is 4.36. The monoisotopic (exact) mass is 301 g/mol. The SMILES string of the molecule is CCOc1ccc(C(=O)/C=C/Nc2ccccc2Cl)cc1. The Balaban J connectivity index is 1.97. The molecular formula is C17H16ClNO2. The van der Waals surface area contributed by atoms with Crippen LogP contribution < -0.4 is 10.1 Å². The summed E-state index contributed by atoms with van der Waals surface area (Å²) in [6.07, 6.45) is 3.05. The van der Waals surface area contributed by atoms with Crippen molar-refractivity contribution in [2.24, 2.45) is 0 Å². The molecule has 0 aliphatic rings. The van der Waals surface area contributed by atoms with Crippen LogP contribution in [0, 0.1) is 0 Å². The number of ether oxygens (including phenoxy) is 1. The van der Waals surface area contributed by atoms with Gasteiger partial charge >= 0.3 is 0 Å². The first-order valence-electron chi connectivity index (χ1n) is 6.65. The molecule has 2 rings (SSSR count). The highest BCUT2D eigenvalue weighted by Crippen LogP contribution is 2.20. The molecule has 0 fully saturated rings. The minimum Gasteiger partial charge on any atom is -0.494 e. The van der Waals surface area contributed by atoms with Crippen LogP contribution in [0.15, 0.2) is 60.8 Å². The highest BCUT2D eigenvalue weighted by molar-refractivity contribution is 6.33. The Morgan fingerprint density at radius 3 is 2.57 bits per heavy atom. The second kappa shape index (κ2) is 7.50. The predicted octanol–water partition coefficient (Wildman–Crippen LogP) is 4.55. The molecule has 0 heterocycles. The molecule has 0 saturated carbocycles. The maximum absolute atomic E-state index is 12.0. The largest absolute Gasteiger partial charge is 0.494 e. The van der Waals surface area contributed by atoms with E-state index < -0.39 is 0 Å². The van der Waals surface area contributed by atoms with Gasteiger partial charge in [0.05, 0.1) is 17.3 Å². The average molecular weight is 302 g/mol. The molecule has 3 nitrogen and oxygen atoms in total. The van der Waals surface area contributed by atoms with E-state index in [1.54, 1.807) is 36.5 Å². The van der Waals surface area contributed by atoms with Gasteiger partial charge in [-0.3, -0.25) is 4.79 Å². The van der Waals surface area contributed by atoms with Gasteiger partial charge in [-0.1, -0.05) is 23.7 Å². The minimum atomic E-state index is -0.0856.